The number of ether oxygens (including phenoxy) is 3. The lowest BCUT2D eigenvalue weighted by atomic mass is 9.77. The fourth-order valence-electron chi connectivity index (χ4n) is 6.43. The van der Waals surface area contributed by atoms with Crippen LogP contribution in [0.25, 0.3) is 0 Å². The zero-order valence-corrected chi connectivity index (χ0v) is 22.6. The molecular formula is C30H35F3N2O4. The molecule has 39 heavy (non-hydrogen) atoms. The summed E-state index contributed by atoms with van der Waals surface area (Å²) in [6, 6.07) is 5.41. The molecule has 3 aliphatic heterocycles. The second kappa shape index (κ2) is 10.8. The molecule has 4 heterocycles. The first-order valence-electron chi connectivity index (χ1n) is 13.8. The van der Waals surface area contributed by atoms with Gasteiger partial charge in [-0.3, -0.25) is 4.98 Å². The number of fused-ring (bicyclic) bond motifs is 2. The molecule has 0 radical (unpaired) electrons. The summed E-state index contributed by atoms with van der Waals surface area (Å²) in [5, 5.41) is 20.8. The summed E-state index contributed by atoms with van der Waals surface area (Å²) < 4.78 is 59.1. The Morgan fingerprint density at radius 1 is 1.10 bits per heavy atom. The van der Waals surface area contributed by atoms with Crippen molar-refractivity contribution in [2.24, 2.45) is 5.92 Å². The van der Waals surface area contributed by atoms with Gasteiger partial charge in [0.15, 0.2) is 0 Å². The molecule has 1 aromatic carbocycles. The van der Waals surface area contributed by atoms with Gasteiger partial charge in [0.1, 0.15) is 6.10 Å². The van der Waals surface area contributed by atoms with E-state index in [9.17, 15) is 23.5 Å². The standard InChI is InChI=1S/C30H35F3N2O4/c1-17(2)14-23-24(18(3)36)26-25(27(35-23)19-6-10-37-11-7-19)28(39-29(26)8-12-38-13-9-29)20-4-5-22(30(31,32)33)21(15-20)16-34/h4-5,15,17-19,28,36H,6-14H2,1-3H3. The minimum Gasteiger partial charge on any atom is -0.389 e. The van der Waals surface area contributed by atoms with E-state index in [1.807, 2.05) is 0 Å². The van der Waals surface area contributed by atoms with Gasteiger partial charge in [0.2, 0.25) is 0 Å². The van der Waals surface area contributed by atoms with E-state index in [2.05, 4.69) is 13.8 Å². The molecule has 6 nitrogen and oxygen atoms in total. The SMILES string of the molecule is CC(C)Cc1nc(C2CCOCC2)c2c(c1C(C)O)C1(CCOCC1)OC2c1ccc(C(F)(F)F)c(C#N)c1. The molecule has 2 aromatic rings. The Morgan fingerprint density at radius 3 is 2.36 bits per heavy atom. The predicted octanol–water partition coefficient (Wildman–Crippen LogP) is 6.24. The topological polar surface area (TPSA) is 84.6 Å². The monoisotopic (exact) mass is 544 g/mol. The molecule has 3 aliphatic rings. The molecule has 0 bridgehead atoms. The summed E-state index contributed by atoms with van der Waals surface area (Å²) in [6.45, 7) is 8.10. The van der Waals surface area contributed by atoms with Crippen molar-refractivity contribution in [3.63, 3.8) is 0 Å². The van der Waals surface area contributed by atoms with Crippen LogP contribution in [0.4, 0.5) is 13.2 Å². The number of halogens is 3. The van der Waals surface area contributed by atoms with Crippen LogP contribution in [0.1, 0.15) is 109 Å². The number of aliphatic hydroxyl groups is 1. The molecule has 2 fully saturated rings. The Morgan fingerprint density at radius 2 is 1.77 bits per heavy atom. The molecular weight excluding hydrogens is 509 g/mol. The van der Waals surface area contributed by atoms with Gasteiger partial charge in [-0.15, -0.1) is 0 Å². The maximum absolute atomic E-state index is 13.6. The highest BCUT2D eigenvalue weighted by Gasteiger charge is 2.51. The van der Waals surface area contributed by atoms with Crippen molar-refractivity contribution < 1.29 is 32.5 Å². The van der Waals surface area contributed by atoms with Crippen molar-refractivity contribution in [3.8, 4) is 6.07 Å². The van der Waals surface area contributed by atoms with Crippen molar-refractivity contribution >= 4 is 0 Å². The summed E-state index contributed by atoms with van der Waals surface area (Å²) in [5.74, 6) is 0.389. The Kier molecular flexibility index (Phi) is 7.77. The zero-order valence-electron chi connectivity index (χ0n) is 22.6. The van der Waals surface area contributed by atoms with Crippen LogP contribution in [-0.4, -0.2) is 36.5 Å². The van der Waals surface area contributed by atoms with Crippen LogP contribution >= 0.6 is 0 Å². The Hall–Kier alpha value is -2.51. The minimum atomic E-state index is -4.64. The number of benzene rings is 1. The summed E-state index contributed by atoms with van der Waals surface area (Å²) in [6.07, 6.45) is -2.83. The second-order valence-electron chi connectivity index (χ2n) is 11.3. The molecule has 2 atom stereocenters. The van der Waals surface area contributed by atoms with Gasteiger partial charge in [-0.2, -0.15) is 18.4 Å². The number of alkyl halides is 3. The fourth-order valence-corrected chi connectivity index (χ4v) is 6.43. The molecule has 0 amide bonds. The number of pyridine rings is 1. The smallest absolute Gasteiger partial charge is 0.389 e. The average Bonchev–Trinajstić information content (AvgIpc) is 3.21. The van der Waals surface area contributed by atoms with Crippen molar-refractivity contribution in [3.05, 3.63) is 63.0 Å². The average molecular weight is 545 g/mol. The van der Waals surface area contributed by atoms with Crippen molar-refractivity contribution in [2.45, 2.75) is 82.8 Å². The van der Waals surface area contributed by atoms with Crippen LogP contribution in [0.2, 0.25) is 0 Å². The van der Waals surface area contributed by atoms with Gasteiger partial charge in [-0.1, -0.05) is 19.9 Å². The van der Waals surface area contributed by atoms with E-state index >= 15 is 0 Å². The van der Waals surface area contributed by atoms with E-state index in [0.717, 1.165) is 47.0 Å². The van der Waals surface area contributed by atoms with Gasteiger partial charge in [0.05, 0.1) is 34.6 Å². The van der Waals surface area contributed by atoms with Crippen LogP contribution in [-0.2, 0) is 32.4 Å². The maximum atomic E-state index is 13.6. The van der Waals surface area contributed by atoms with E-state index in [1.54, 1.807) is 13.0 Å². The number of aromatic nitrogens is 1. The first-order chi connectivity index (χ1) is 18.6. The van der Waals surface area contributed by atoms with E-state index in [1.165, 1.54) is 12.1 Å². The molecule has 0 aliphatic carbocycles. The molecule has 5 rings (SSSR count). The lowest BCUT2D eigenvalue weighted by Crippen LogP contribution is -2.35. The number of hydrogen-bond donors (Lipinski definition) is 1. The molecule has 210 valence electrons. The Balaban J connectivity index is 1.79. The first-order valence-corrected chi connectivity index (χ1v) is 13.8. The van der Waals surface area contributed by atoms with Gasteiger partial charge in [-0.25, -0.2) is 0 Å². The molecule has 1 N–H and O–H groups in total. The predicted molar refractivity (Wildman–Crippen MR) is 137 cm³/mol. The van der Waals surface area contributed by atoms with Crippen molar-refractivity contribution in [1.29, 1.82) is 5.26 Å². The van der Waals surface area contributed by atoms with Gasteiger partial charge in [0.25, 0.3) is 0 Å². The second-order valence-corrected chi connectivity index (χ2v) is 11.3. The molecule has 9 heteroatoms. The van der Waals surface area contributed by atoms with Crippen LogP contribution in [0.3, 0.4) is 0 Å². The van der Waals surface area contributed by atoms with Crippen molar-refractivity contribution in [1.82, 2.24) is 4.98 Å². The van der Waals surface area contributed by atoms with Gasteiger partial charge in [-0.05, 0) is 55.4 Å². The summed E-state index contributed by atoms with van der Waals surface area (Å²) in [7, 11) is 0. The quantitative estimate of drug-likeness (QED) is 0.480. The number of aliphatic hydroxyl groups excluding tert-OH is 1. The van der Waals surface area contributed by atoms with Crippen molar-refractivity contribution in [2.75, 3.05) is 26.4 Å². The molecule has 1 aromatic heterocycles. The molecule has 2 unspecified atom stereocenters. The third-order valence-corrected chi connectivity index (χ3v) is 8.14. The fraction of sp³-hybridized carbons (Fsp3) is 0.600. The lowest BCUT2D eigenvalue weighted by molar-refractivity contribution is -0.138. The number of rotatable bonds is 5. The van der Waals surface area contributed by atoms with Gasteiger partial charge < -0.3 is 19.3 Å². The van der Waals surface area contributed by atoms with Crippen LogP contribution in [0.15, 0.2) is 18.2 Å². The summed E-state index contributed by atoms with van der Waals surface area (Å²) in [4.78, 5) is 5.21. The van der Waals surface area contributed by atoms with Gasteiger partial charge >= 0.3 is 6.18 Å². The van der Waals surface area contributed by atoms with Gasteiger partial charge in [0, 0.05) is 62.0 Å². The maximum Gasteiger partial charge on any atom is 0.417 e. The zero-order chi connectivity index (χ0) is 27.9. The van der Waals surface area contributed by atoms with Crippen LogP contribution < -0.4 is 0 Å². The highest BCUT2D eigenvalue weighted by molar-refractivity contribution is 5.55. The summed E-state index contributed by atoms with van der Waals surface area (Å²) in [5.41, 5.74) is 2.53. The lowest BCUT2D eigenvalue weighted by Gasteiger charge is -2.36. The Bertz CT molecular complexity index is 1260. The third-order valence-electron chi connectivity index (χ3n) is 8.14. The first kappa shape index (κ1) is 28.0. The Labute approximate surface area is 227 Å². The summed E-state index contributed by atoms with van der Waals surface area (Å²) >= 11 is 0. The minimum absolute atomic E-state index is 0.0902. The molecule has 0 saturated carbocycles. The van der Waals surface area contributed by atoms with E-state index in [-0.39, 0.29) is 5.92 Å². The van der Waals surface area contributed by atoms with Crippen LogP contribution in [0, 0.1) is 17.2 Å². The number of nitrogens with zero attached hydrogens (tertiary/aromatic N) is 2. The van der Waals surface area contributed by atoms with E-state index in [4.69, 9.17) is 19.2 Å². The highest BCUT2D eigenvalue weighted by atomic mass is 19.4. The normalized spacial score (nSPS) is 22.2. The van der Waals surface area contributed by atoms with Crippen LogP contribution in [0.5, 0.6) is 0 Å². The molecule has 2 saturated heterocycles. The largest absolute Gasteiger partial charge is 0.417 e. The van der Waals surface area contributed by atoms with E-state index in [0.29, 0.717) is 57.2 Å². The number of hydrogen-bond acceptors (Lipinski definition) is 6. The molecule has 1 spiro atoms. The number of nitriles is 1. The highest BCUT2D eigenvalue weighted by Crippen LogP contribution is 2.56. The van der Waals surface area contributed by atoms with E-state index < -0.39 is 35.1 Å². The third kappa shape index (κ3) is 5.20.